The van der Waals surface area contributed by atoms with Gasteiger partial charge in [0.2, 0.25) is 0 Å². The Morgan fingerprint density at radius 1 is 1.48 bits per heavy atom. The number of nitrogens with one attached hydrogen (secondary N) is 1. The van der Waals surface area contributed by atoms with Gasteiger partial charge in [-0.05, 0) is 18.6 Å². The van der Waals surface area contributed by atoms with Crippen molar-refractivity contribution < 1.29 is 18.7 Å². The molecule has 6 heteroatoms. The number of hydrogen-bond acceptors (Lipinski definition) is 6. The van der Waals surface area contributed by atoms with Gasteiger partial charge >= 0.3 is 5.97 Å². The van der Waals surface area contributed by atoms with Gasteiger partial charge in [0, 0.05) is 6.42 Å². The van der Waals surface area contributed by atoms with E-state index in [1.54, 1.807) is 6.92 Å². The molecule has 1 N–H and O–H groups in total. The largest absolute Gasteiger partial charge is 0.488 e. The highest BCUT2D eigenvalue weighted by atomic mass is 16.5. The number of hydrogen-bond donors (Lipinski definition) is 1. The number of oxazole rings is 1. The first-order chi connectivity index (χ1) is 10.3. The number of aromatic nitrogens is 1. The lowest BCUT2D eigenvalue weighted by molar-refractivity contribution is 0.0519. The fraction of sp³-hybridized carbons (Fsp3) is 0.333. The van der Waals surface area contributed by atoms with Gasteiger partial charge in [-0.15, -0.1) is 0 Å². The molecule has 0 radical (unpaired) electrons. The van der Waals surface area contributed by atoms with E-state index in [2.05, 4.69) is 16.4 Å². The number of nitrogens with zero attached hydrogens (tertiary/aromatic N) is 1. The Labute approximate surface area is 122 Å². The molecule has 0 amide bonds. The zero-order chi connectivity index (χ0) is 14.7. The zero-order valence-corrected chi connectivity index (χ0v) is 11.7. The number of carbonyl (C=O) groups is 1. The maximum atomic E-state index is 11.5. The molecule has 110 valence electrons. The Morgan fingerprint density at radius 2 is 2.33 bits per heavy atom. The summed E-state index contributed by atoms with van der Waals surface area (Å²) in [5, 5.41) is 3.03. The fourth-order valence-corrected chi connectivity index (χ4v) is 2.22. The molecule has 1 aliphatic heterocycles. The lowest BCUT2D eigenvalue weighted by atomic mass is 10.1. The molecule has 0 spiro atoms. The van der Waals surface area contributed by atoms with Crippen molar-refractivity contribution in [3.8, 4) is 5.75 Å². The molecule has 1 unspecified atom stereocenters. The Morgan fingerprint density at radius 3 is 3.14 bits per heavy atom. The Bertz CT molecular complexity index is 613. The summed E-state index contributed by atoms with van der Waals surface area (Å²) < 4.78 is 15.8. The second kappa shape index (κ2) is 5.87. The Hall–Kier alpha value is -2.50. The van der Waals surface area contributed by atoms with Crippen LogP contribution in [0.3, 0.4) is 0 Å². The average molecular weight is 288 g/mol. The highest BCUT2D eigenvalue weighted by molar-refractivity contribution is 5.87. The molecule has 1 aromatic carbocycles. The van der Waals surface area contributed by atoms with Crippen LogP contribution in [0.2, 0.25) is 0 Å². The van der Waals surface area contributed by atoms with Crippen molar-refractivity contribution in [1.29, 1.82) is 0 Å². The van der Waals surface area contributed by atoms with Crippen LogP contribution in [-0.4, -0.2) is 30.2 Å². The van der Waals surface area contributed by atoms with Gasteiger partial charge in [0.1, 0.15) is 18.1 Å². The van der Waals surface area contributed by atoms with E-state index in [9.17, 15) is 4.79 Å². The van der Waals surface area contributed by atoms with Crippen molar-refractivity contribution in [1.82, 2.24) is 4.98 Å². The molecule has 2 heterocycles. The SMILES string of the molecule is CCOC(=O)c1coc(NCC2Cc3ccccc3O2)n1. The van der Waals surface area contributed by atoms with Crippen LogP contribution in [-0.2, 0) is 11.2 Å². The molecule has 0 fully saturated rings. The van der Waals surface area contributed by atoms with E-state index >= 15 is 0 Å². The lowest BCUT2D eigenvalue weighted by Gasteiger charge is -2.10. The summed E-state index contributed by atoms with van der Waals surface area (Å²) in [6.45, 7) is 2.60. The Kier molecular flexibility index (Phi) is 3.77. The van der Waals surface area contributed by atoms with Crippen LogP contribution in [0.25, 0.3) is 0 Å². The summed E-state index contributed by atoms with van der Waals surface area (Å²) in [5.41, 5.74) is 1.36. The second-order valence-corrected chi connectivity index (χ2v) is 4.69. The van der Waals surface area contributed by atoms with Gasteiger partial charge in [-0.3, -0.25) is 0 Å². The first-order valence-corrected chi connectivity index (χ1v) is 6.87. The van der Waals surface area contributed by atoms with E-state index in [4.69, 9.17) is 13.9 Å². The predicted molar refractivity (Wildman–Crippen MR) is 75.5 cm³/mol. The van der Waals surface area contributed by atoms with Crippen LogP contribution < -0.4 is 10.1 Å². The number of carbonyl (C=O) groups excluding carboxylic acids is 1. The first kappa shape index (κ1) is 13.5. The van der Waals surface area contributed by atoms with Crippen LogP contribution in [0.4, 0.5) is 6.01 Å². The number of fused-ring (bicyclic) bond motifs is 1. The monoisotopic (exact) mass is 288 g/mol. The van der Waals surface area contributed by atoms with Crippen LogP contribution in [0, 0.1) is 0 Å². The van der Waals surface area contributed by atoms with Gasteiger partial charge in [-0.1, -0.05) is 18.2 Å². The van der Waals surface area contributed by atoms with E-state index in [1.165, 1.54) is 11.8 Å². The van der Waals surface area contributed by atoms with Gasteiger partial charge in [0.15, 0.2) is 5.69 Å². The highest BCUT2D eigenvalue weighted by Crippen LogP contribution is 2.28. The standard InChI is InChI=1S/C15H16N2O4/c1-2-19-14(18)12-9-20-15(17-12)16-8-11-7-10-5-3-4-6-13(10)21-11/h3-6,9,11H,2,7-8H2,1H3,(H,16,17). The normalized spacial score (nSPS) is 16.1. The van der Waals surface area contributed by atoms with Crippen molar-refractivity contribution in [3.05, 3.63) is 41.8 Å². The number of anilines is 1. The minimum absolute atomic E-state index is 0.0281. The summed E-state index contributed by atoms with van der Waals surface area (Å²) in [4.78, 5) is 15.5. The molecule has 21 heavy (non-hydrogen) atoms. The van der Waals surface area contributed by atoms with Crippen LogP contribution in [0.15, 0.2) is 34.9 Å². The number of benzene rings is 1. The fourth-order valence-electron chi connectivity index (χ4n) is 2.22. The van der Waals surface area contributed by atoms with Crippen LogP contribution >= 0.6 is 0 Å². The number of rotatable bonds is 5. The minimum Gasteiger partial charge on any atom is -0.488 e. The van der Waals surface area contributed by atoms with Crippen LogP contribution in [0.5, 0.6) is 5.75 Å². The van der Waals surface area contributed by atoms with Gasteiger partial charge < -0.3 is 19.2 Å². The molecule has 0 bridgehead atoms. The maximum Gasteiger partial charge on any atom is 0.360 e. The second-order valence-electron chi connectivity index (χ2n) is 4.69. The molecule has 3 rings (SSSR count). The van der Waals surface area contributed by atoms with Crippen molar-refractivity contribution in [2.45, 2.75) is 19.4 Å². The predicted octanol–water partition coefficient (Wildman–Crippen LogP) is 2.27. The molecule has 2 aromatic rings. The summed E-state index contributed by atoms with van der Waals surface area (Å²) >= 11 is 0. The zero-order valence-electron chi connectivity index (χ0n) is 11.7. The molecule has 0 aliphatic carbocycles. The average Bonchev–Trinajstić information content (AvgIpc) is 3.11. The van der Waals surface area contributed by atoms with Crippen molar-refractivity contribution >= 4 is 12.0 Å². The molecule has 1 aliphatic rings. The highest BCUT2D eigenvalue weighted by Gasteiger charge is 2.22. The van der Waals surface area contributed by atoms with Gasteiger partial charge in [0.25, 0.3) is 6.01 Å². The number of ether oxygens (including phenoxy) is 2. The van der Waals surface area contributed by atoms with Crippen LogP contribution in [0.1, 0.15) is 23.0 Å². The smallest absolute Gasteiger partial charge is 0.360 e. The molecular formula is C15H16N2O4. The molecule has 0 saturated carbocycles. The summed E-state index contributed by atoms with van der Waals surface area (Å²) in [7, 11) is 0. The summed E-state index contributed by atoms with van der Waals surface area (Å²) in [6, 6.07) is 8.25. The lowest BCUT2D eigenvalue weighted by Crippen LogP contribution is -2.24. The third kappa shape index (κ3) is 2.99. The topological polar surface area (TPSA) is 73.6 Å². The van der Waals surface area contributed by atoms with Crippen molar-refractivity contribution in [2.24, 2.45) is 0 Å². The minimum atomic E-state index is -0.487. The molecule has 1 aromatic heterocycles. The van der Waals surface area contributed by atoms with E-state index in [1.807, 2.05) is 18.2 Å². The summed E-state index contributed by atoms with van der Waals surface area (Å²) in [6.07, 6.45) is 2.15. The third-order valence-electron chi connectivity index (χ3n) is 3.18. The number of para-hydroxylation sites is 1. The quantitative estimate of drug-likeness (QED) is 0.851. The molecule has 6 nitrogen and oxygen atoms in total. The number of esters is 1. The summed E-state index contributed by atoms with van der Waals surface area (Å²) in [5.74, 6) is 0.433. The molecular weight excluding hydrogens is 272 g/mol. The van der Waals surface area contributed by atoms with Crippen molar-refractivity contribution in [2.75, 3.05) is 18.5 Å². The van der Waals surface area contributed by atoms with Gasteiger partial charge in [0.05, 0.1) is 13.2 Å². The van der Waals surface area contributed by atoms with Gasteiger partial charge in [-0.25, -0.2) is 4.79 Å². The molecule has 1 atom stereocenters. The van der Waals surface area contributed by atoms with E-state index in [0.29, 0.717) is 13.2 Å². The molecule has 0 saturated heterocycles. The van der Waals surface area contributed by atoms with Crippen molar-refractivity contribution in [3.63, 3.8) is 0 Å². The third-order valence-corrected chi connectivity index (χ3v) is 3.18. The van der Waals surface area contributed by atoms with E-state index in [0.717, 1.165) is 12.2 Å². The first-order valence-electron chi connectivity index (χ1n) is 6.87. The maximum absolute atomic E-state index is 11.5. The van der Waals surface area contributed by atoms with E-state index < -0.39 is 5.97 Å². The van der Waals surface area contributed by atoms with E-state index in [-0.39, 0.29) is 17.8 Å². The Balaban J connectivity index is 1.54. The van der Waals surface area contributed by atoms with Gasteiger partial charge in [-0.2, -0.15) is 4.98 Å².